The number of carboxylic acid groups (broad SMARTS) is 1. The second-order valence-electron chi connectivity index (χ2n) is 3.93. The van der Waals surface area contributed by atoms with Gasteiger partial charge in [0, 0.05) is 6.07 Å². The van der Waals surface area contributed by atoms with E-state index in [2.05, 4.69) is 9.69 Å². The summed E-state index contributed by atoms with van der Waals surface area (Å²) < 4.78 is 9.22. The van der Waals surface area contributed by atoms with Crippen LogP contribution in [0.15, 0.2) is 18.2 Å². The highest BCUT2D eigenvalue weighted by Gasteiger charge is 2.18. The van der Waals surface area contributed by atoms with Gasteiger partial charge < -0.3 is 15.2 Å². The van der Waals surface area contributed by atoms with E-state index >= 15 is 0 Å². The van der Waals surface area contributed by atoms with Gasteiger partial charge in [-0.25, -0.2) is 4.79 Å². The number of methoxy groups -OCH3 is 1. The number of nitrogens with one attached hydrogen (secondary N) is 1. The van der Waals surface area contributed by atoms with Gasteiger partial charge in [0.15, 0.2) is 0 Å². The minimum absolute atomic E-state index is 0.140. The molecule has 2 N–H and O–H groups in total. The van der Waals surface area contributed by atoms with Crippen LogP contribution in [0.4, 0.5) is 10.7 Å². The lowest BCUT2D eigenvalue weighted by Gasteiger charge is -2.10. The number of carboxylic acids is 1. The average molecular weight is 289 g/mol. The Kier molecular flexibility index (Phi) is 3.86. The van der Waals surface area contributed by atoms with Gasteiger partial charge >= 0.3 is 5.97 Å². The molecule has 1 heterocycles. The molecule has 102 valence electrons. The average Bonchev–Trinajstić information content (AvgIpc) is 2.80. The number of aromatic nitrogens is 1. The van der Waals surface area contributed by atoms with Crippen LogP contribution in [0.3, 0.4) is 0 Å². The second-order valence-corrected chi connectivity index (χ2v) is 4.70. The molecule has 0 aliphatic rings. The predicted molar refractivity (Wildman–Crippen MR) is 74.8 cm³/mol. The molecule has 0 saturated heterocycles. The lowest BCUT2D eigenvalue weighted by atomic mass is 10.2. The molecule has 0 aliphatic carbocycles. The van der Waals surface area contributed by atoms with Gasteiger partial charge in [0.05, 0.1) is 30.1 Å². The van der Waals surface area contributed by atoms with Crippen LogP contribution in [-0.2, 0) is 0 Å². The summed E-state index contributed by atoms with van der Waals surface area (Å²) in [6, 6.07) is 6.88. The number of nitriles is 1. The predicted octanol–water partition coefficient (Wildman–Crippen LogP) is 2.77. The fourth-order valence-electron chi connectivity index (χ4n) is 1.69. The molecule has 2 rings (SSSR count). The van der Waals surface area contributed by atoms with Crippen LogP contribution < -0.4 is 10.1 Å². The van der Waals surface area contributed by atoms with E-state index in [1.54, 1.807) is 25.1 Å². The molecule has 0 bridgehead atoms. The van der Waals surface area contributed by atoms with E-state index < -0.39 is 5.97 Å². The van der Waals surface area contributed by atoms with E-state index in [0.717, 1.165) is 11.5 Å². The van der Waals surface area contributed by atoms with E-state index in [1.165, 1.54) is 7.11 Å². The largest absolute Gasteiger partial charge is 0.495 e. The highest BCUT2D eigenvalue weighted by Crippen LogP contribution is 2.33. The molecule has 2 aromatic rings. The van der Waals surface area contributed by atoms with Crippen LogP contribution >= 0.6 is 11.5 Å². The maximum absolute atomic E-state index is 11.2. The van der Waals surface area contributed by atoms with Gasteiger partial charge in [0.25, 0.3) is 0 Å². The van der Waals surface area contributed by atoms with Crippen molar-refractivity contribution in [3.8, 4) is 11.8 Å². The van der Waals surface area contributed by atoms with Crippen LogP contribution in [0.5, 0.6) is 5.75 Å². The first kappa shape index (κ1) is 13.8. The third-order valence-electron chi connectivity index (χ3n) is 2.66. The van der Waals surface area contributed by atoms with Crippen LogP contribution in [0.1, 0.15) is 21.6 Å². The summed E-state index contributed by atoms with van der Waals surface area (Å²) in [6.45, 7) is 1.64. The van der Waals surface area contributed by atoms with E-state index in [-0.39, 0.29) is 5.56 Å². The summed E-state index contributed by atoms with van der Waals surface area (Å²) in [5, 5.41) is 21.4. The standard InChI is InChI=1S/C13H11N3O3S/c1-7-11(13(17)18)12(20-16-7)15-9-4-3-8(6-14)5-10(9)19-2/h3-5,15H,1-2H3,(H,17,18). The Bertz CT molecular complexity index is 703. The van der Waals surface area contributed by atoms with Crippen molar-refractivity contribution in [3.63, 3.8) is 0 Å². The SMILES string of the molecule is COc1cc(C#N)ccc1Nc1snc(C)c1C(=O)O. The Morgan fingerprint density at radius 2 is 2.30 bits per heavy atom. The number of ether oxygens (including phenoxy) is 1. The van der Waals surface area contributed by atoms with E-state index in [9.17, 15) is 9.90 Å². The van der Waals surface area contributed by atoms with Crippen molar-refractivity contribution in [1.29, 1.82) is 5.26 Å². The molecule has 1 aromatic carbocycles. The van der Waals surface area contributed by atoms with Crippen LogP contribution in [0.2, 0.25) is 0 Å². The van der Waals surface area contributed by atoms with E-state index in [1.807, 2.05) is 6.07 Å². The Labute approximate surface area is 119 Å². The molecule has 0 fully saturated rings. The second kappa shape index (κ2) is 5.59. The van der Waals surface area contributed by atoms with E-state index in [4.69, 9.17) is 10.00 Å². The molecule has 0 aliphatic heterocycles. The zero-order valence-corrected chi connectivity index (χ0v) is 11.6. The number of rotatable bonds is 4. The number of aromatic carboxylic acids is 1. The minimum Gasteiger partial charge on any atom is -0.495 e. The fraction of sp³-hybridized carbons (Fsp3) is 0.154. The molecule has 0 radical (unpaired) electrons. The van der Waals surface area contributed by atoms with E-state index in [0.29, 0.717) is 27.7 Å². The van der Waals surface area contributed by atoms with Crippen LogP contribution in [0, 0.1) is 18.3 Å². The van der Waals surface area contributed by atoms with Gasteiger partial charge in [-0.2, -0.15) is 9.64 Å². The monoisotopic (exact) mass is 289 g/mol. The molecule has 0 unspecified atom stereocenters. The number of anilines is 2. The third kappa shape index (κ3) is 2.55. The molecule has 0 amide bonds. The third-order valence-corrected chi connectivity index (χ3v) is 3.51. The number of benzene rings is 1. The molecular weight excluding hydrogens is 278 g/mol. The maximum atomic E-state index is 11.2. The lowest BCUT2D eigenvalue weighted by molar-refractivity contribution is 0.0697. The number of aryl methyl sites for hydroxylation is 1. The van der Waals surface area contributed by atoms with Crippen molar-refractivity contribution in [3.05, 3.63) is 35.0 Å². The highest BCUT2D eigenvalue weighted by atomic mass is 32.1. The van der Waals surface area contributed by atoms with Crippen LogP contribution in [0.25, 0.3) is 0 Å². The quantitative estimate of drug-likeness (QED) is 0.898. The Morgan fingerprint density at radius 3 is 2.90 bits per heavy atom. The van der Waals surface area contributed by atoms with Crippen molar-refractivity contribution in [2.24, 2.45) is 0 Å². The Morgan fingerprint density at radius 1 is 1.55 bits per heavy atom. The highest BCUT2D eigenvalue weighted by molar-refractivity contribution is 7.10. The lowest BCUT2D eigenvalue weighted by Crippen LogP contribution is -2.02. The zero-order valence-electron chi connectivity index (χ0n) is 10.8. The summed E-state index contributed by atoms with van der Waals surface area (Å²) in [6.07, 6.45) is 0. The summed E-state index contributed by atoms with van der Waals surface area (Å²) in [5.41, 5.74) is 1.64. The molecule has 0 saturated carbocycles. The van der Waals surface area contributed by atoms with Crippen molar-refractivity contribution in [1.82, 2.24) is 4.37 Å². The van der Waals surface area contributed by atoms with Gasteiger partial charge in [0.2, 0.25) is 0 Å². The van der Waals surface area contributed by atoms with Gasteiger partial charge in [0.1, 0.15) is 16.3 Å². The first-order chi connectivity index (χ1) is 9.56. The molecule has 7 heteroatoms. The van der Waals surface area contributed by atoms with Gasteiger partial charge in [-0.05, 0) is 30.6 Å². The van der Waals surface area contributed by atoms with Crippen LogP contribution in [-0.4, -0.2) is 22.6 Å². The van der Waals surface area contributed by atoms with Gasteiger partial charge in [-0.1, -0.05) is 0 Å². The number of hydrogen-bond acceptors (Lipinski definition) is 6. The topological polar surface area (TPSA) is 95.2 Å². The summed E-state index contributed by atoms with van der Waals surface area (Å²) in [4.78, 5) is 11.2. The van der Waals surface area contributed by atoms with Crippen molar-refractivity contribution in [2.75, 3.05) is 12.4 Å². The smallest absolute Gasteiger partial charge is 0.340 e. The summed E-state index contributed by atoms with van der Waals surface area (Å²) in [7, 11) is 1.48. The number of nitrogens with zero attached hydrogens (tertiary/aromatic N) is 2. The van der Waals surface area contributed by atoms with Crippen molar-refractivity contribution >= 4 is 28.2 Å². The van der Waals surface area contributed by atoms with Crippen molar-refractivity contribution in [2.45, 2.75) is 6.92 Å². The van der Waals surface area contributed by atoms with Gasteiger partial charge in [-0.15, -0.1) is 0 Å². The van der Waals surface area contributed by atoms with Crippen molar-refractivity contribution < 1.29 is 14.6 Å². The minimum atomic E-state index is -1.04. The Hall–Kier alpha value is -2.59. The normalized spacial score (nSPS) is 9.85. The fourth-order valence-corrected chi connectivity index (χ4v) is 2.49. The Balaban J connectivity index is 2.40. The molecule has 1 aromatic heterocycles. The molecule has 20 heavy (non-hydrogen) atoms. The first-order valence-electron chi connectivity index (χ1n) is 5.61. The molecule has 0 spiro atoms. The molecule has 0 atom stereocenters. The summed E-state index contributed by atoms with van der Waals surface area (Å²) in [5.74, 6) is -0.571. The first-order valence-corrected chi connectivity index (χ1v) is 6.39. The molecule has 6 nitrogen and oxygen atoms in total. The maximum Gasteiger partial charge on any atom is 0.340 e. The van der Waals surface area contributed by atoms with Gasteiger partial charge in [-0.3, -0.25) is 0 Å². The molecular formula is C13H11N3O3S. The zero-order chi connectivity index (χ0) is 14.7. The summed E-state index contributed by atoms with van der Waals surface area (Å²) >= 11 is 1.07. The number of hydrogen-bond donors (Lipinski definition) is 2. The number of carbonyl (C=O) groups is 1.